The second kappa shape index (κ2) is 6.23. The number of carbonyl (C=O) groups excluding carboxylic acids is 1. The second-order valence-corrected chi connectivity index (χ2v) is 6.05. The molecule has 0 aromatic heterocycles. The third-order valence-electron chi connectivity index (χ3n) is 4.75. The van der Waals surface area contributed by atoms with Crippen LogP contribution in [0.1, 0.15) is 27.0 Å². The van der Waals surface area contributed by atoms with E-state index in [4.69, 9.17) is 14.2 Å². The van der Waals surface area contributed by atoms with Gasteiger partial charge in [0.2, 0.25) is 0 Å². The molecule has 1 aliphatic rings. The fraction of sp³-hybridized carbons (Fsp3) is 0.136. The second-order valence-electron chi connectivity index (χ2n) is 6.05. The maximum absolute atomic E-state index is 12.7. The highest BCUT2D eigenvalue weighted by Crippen LogP contribution is 2.49. The molecule has 0 unspecified atom stereocenters. The molecule has 0 fully saturated rings. The summed E-state index contributed by atoms with van der Waals surface area (Å²) in [5, 5.41) is 0. The van der Waals surface area contributed by atoms with E-state index in [1.54, 1.807) is 20.3 Å². The molecule has 0 bridgehead atoms. The van der Waals surface area contributed by atoms with Gasteiger partial charge in [0.05, 0.1) is 19.8 Å². The van der Waals surface area contributed by atoms with Gasteiger partial charge in [0, 0.05) is 16.7 Å². The van der Waals surface area contributed by atoms with Crippen molar-refractivity contribution in [2.24, 2.45) is 0 Å². The summed E-state index contributed by atoms with van der Waals surface area (Å²) in [5.74, 6) is 1.05. The molecule has 1 aliphatic heterocycles. The summed E-state index contributed by atoms with van der Waals surface area (Å²) in [6, 6.07) is 22.6. The fourth-order valence-electron chi connectivity index (χ4n) is 3.55. The lowest BCUT2D eigenvalue weighted by Gasteiger charge is -2.31. The standard InChI is InChI=1S/C22H18O4/c1-24-16-13-11-15(12-14-16)22(19-9-5-6-10-20(19)25-2)18-8-4-3-7-17(18)21(23)26-22/h3-14H,1-2H3/t22-/m1/s1. The minimum Gasteiger partial charge on any atom is -0.497 e. The number of fused-ring (bicyclic) bond motifs is 1. The molecule has 3 aromatic rings. The minimum atomic E-state index is -1.06. The number of para-hydroxylation sites is 1. The molecule has 0 N–H and O–H groups in total. The van der Waals surface area contributed by atoms with Crippen LogP contribution in [0.15, 0.2) is 72.8 Å². The lowest BCUT2D eigenvalue weighted by molar-refractivity contribution is 0.0245. The van der Waals surface area contributed by atoms with Crippen LogP contribution in [-0.2, 0) is 10.3 Å². The van der Waals surface area contributed by atoms with E-state index in [0.29, 0.717) is 11.3 Å². The average Bonchev–Trinajstić information content (AvgIpc) is 3.02. The molecule has 0 aliphatic carbocycles. The summed E-state index contributed by atoms with van der Waals surface area (Å²) in [5.41, 5.74) is 1.92. The Labute approximate surface area is 152 Å². The number of hydrogen-bond acceptors (Lipinski definition) is 4. The van der Waals surface area contributed by atoms with E-state index in [1.807, 2.05) is 66.7 Å². The topological polar surface area (TPSA) is 44.8 Å². The van der Waals surface area contributed by atoms with Gasteiger partial charge >= 0.3 is 5.97 Å². The molecule has 0 saturated carbocycles. The van der Waals surface area contributed by atoms with Crippen LogP contribution < -0.4 is 9.47 Å². The molecule has 1 atom stereocenters. The van der Waals surface area contributed by atoms with Crippen LogP contribution >= 0.6 is 0 Å². The first-order chi connectivity index (χ1) is 12.7. The Kier molecular flexibility index (Phi) is 3.88. The molecular weight excluding hydrogens is 328 g/mol. The van der Waals surface area contributed by atoms with Crippen molar-refractivity contribution in [3.05, 3.63) is 95.1 Å². The maximum atomic E-state index is 12.7. The van der Waals surface area contributed by atoms with Crippen LogP contribution in [0.3, 0.4) is 0 Å². The Morgan fingerprint density at radius 1 is 0.769 bits per heavy atom. The maximum Gasteiger partial charge on any atom is 0.340 e. The zero-order valence-corrected chi connectivity index (χ0v) is 14.6. The first-order valence-electron chi connectivity index (χ1n) is 8.31. The SMILES string of the molecule is COc1ccc([C@@]2(c3ccccc3OC)OC(=O)c3ccccc32)cc1. The van der Waals surface area contributed by atoms with Crippen molar-refractivity contribution in [2.45, 2.75) is 5.60 Å². The van der Waals surface area contributed by atoms with Gasteiger partial charge in [-0.05, 0) is 24.3 Å². The van der Waals surface area contributed by atoms with Crippen molar-refractivity contribution in [3.8, 4) is 11.5 Å². The number of esters is 1. The lowest BCUT2D eigenvalue weighted by atomic mass is 9.79. The van der Waals surface area contributed by atoms with Crippen LogP contribution in [-0.4, -0.2) is 20.2 Å². The summed E-state index contributed by atoms with van der Waals surface area (Å²) in [6.45, 7) is 0. The van der Waals surface area contributed by atoms with Gasteiger partial charge in [0.25, 0.3) is 0 Å². The fourth-order valence-corrected chi connectivity index (χ4v) is 3.55. The van der Waals surface area contributed by atoms with Crippen LogP contribution in [0, 0.1) is 0 Å². The van der Waals surface area contributed by atoms with Crippen LogP contribution in [0.25, 0.3) is 0 Å². The summed E-state index contributed by atoms with van der Waals surface area (Å²) in [6.07, 6.45) is 0. The Balaban J connectivity index is 2.04. The minimum absolute atomic E-state index is 0.345. The molecule has 4 nitrogen and oxygen atoms in total. The zero-order valence-electron chi connectivity index (χ0n) is 14.6. The largest absolute Gasteiger partial charge is 0.497 e. The molecule has 0 saturated heterocycles. The highest BCUT2D eigenvalue weighted by atomic mass is 16.6. The smallest absolute Gasteiger partial charge is 0.340 e. The molecule has 4 rings (SSSR count). The number of hydrogen-bond donors (Lipinski definition) is 0. The van der Waals surface area contributed by atoms with Gasteiger partial charge in [-0.3, -0.25) is 0 Å². The molecule has 0 amide bonds. The van der Waals surface area contributed by atoms with E-state index < -0.39 is 5.60 Å². The molecule has 130 valence electrons. The molecular formula is C22H18O4. The number of rotatable bonds is 4. The quantitative estimate of drug-likeness (QED) is 0.665. The number of benzene rings is 3. The summed E-state index contributed by atoms with van der Waals surface area (Å²) < 4.78 is 16.9. The van der Waals surface area contributed by atoms with E-state index in [2.05, 4.69) is 0 Å². The first kappa shape index (κ1) is 16.2. The molecule has 26 heavy (non-hydrogen) atoms. The van der Waals surface area contributed by atoms with E-state index in [1.165, 1.54) is 0 Å². The molecule has 3 aromatic carbocycles. The Bertz CT molecular complexity index is 962. The number of cyclic esters (lactones) is 1. The summed E-state index contributed by atoms with van der Waals surface area (Å²) in [4.78, 5) is 12.7. The predicted molar refractivity (Wildman–Crippen MR) is 97.7 cm³/mol. The third-order valence-corrected chi connectivity index (χ3v) is 4.75. The molecule has 0 spiro atoms. The van der Waals surface area contributed by atoms with Gasteiger partial charge in [-0.25, -0.2) is 4.79 Å². The molecule has 1 heterocycles. The van der Waals surface area contributed by atoms with E-state index in [0.717, 1.165) is 22.4 Å². The monoisotopic (exact) mass is 346 g/mol. The van der Waals surface area contributed by atoms with Gasteiger partial charge in [0.15, 0.2) is 5.60 Å². The van der Waals surface area contributed by atoms with Crippen LogP contribution in [0.2, 0.25) is 0 Å². The van der Waals surface area contributed by atoms with E-state index in [-0.39, 0.29) is 5.97 Å². The van der Waals surface area contributed by atoms with E-state index in [9.17, 15) is 4.79 Å². The van der Waals surface area contributed by atoms with Gasteiger partial charge in [-0.2, -0.15) is 0 Å². The van der Waals surface area contributed by atoms with Gasteiger partial charge in [-0.15, -0.1) is 0 Å². The van der Waals surface area contributed by atoms with Crippen molar-refractivity contribution in [1.29, 1.82) is 0 Å². The number of methoxy groups -OCH3 is 2. The third kappa shape index (κ3) is 2.26. The van der Waals surface area contributed by atoms with Gasteiger partial charge in [-0.1, -0.05) is 48.5 Å². The summed E-state index contributed by atoms with van der Waals surface area (Å²) in [7, 11) is 3.24. The zero-order chi connectivity index (χ0) is 18.1. The highest BCUT2D eigenvalue weighted by Gasteiger charge is 2.49. The van der Waals surface area contributed by atoms with Crippen LogP contribution in [0.4, 0.5) is 0 Å². The Morgan fingerprint density at radius 2 is 1.42 bits per heavy atom. The van der Waals surface area contributed by atoms with Crippen molar-refractivity contribution >= 4 is 5.97 Å². The Hall–Kier alpha value is -3.27. The summed E-state index contributed by atoms with van der Waals surface area (Å²) >= 11 is 0. The van der Waals surface area contributed by atoms with E-state index >= 15 is 0 Å². The van der Waals surface area contributed by atoms with Crippen LogP contribution in [0.5, 0.6) is 11.5 Å². The van der Waals surface area contributed by atoms with Crippen molar-refractivity contribution < 1.29 is 19.0 Å². The normalized spacial score (nSPS) is 18.2. The van der Waals surface area contributed by atoms with Gasteiger partial charge in [0.1, 0.15) is 11.5 Å². The molecule has 4 heteroatoms. The predicted octanol–water partition coefficient (Wildman–Crippen LogP) is 4.17. The highest BCUT2D eigenvalue weighted by molar-refractivity contribution is 5.96. The number of ether oxygens (including phenoxy) is 3. The van der Waals surface area contributed by atoms with Gasteiger partial charge < -0.3 is 14.2 Å². The first-order valence-corrected chi connectivity index (χ1v) is 8.31. The Morgan fingerprint density at radius 3 is 2.12 bits per heavy atom. The van der Waals surface area contributed by atoms with Crippen molar-refractivity contribution in [3.63, 3.8) is 0 Å². The average molecular weight is 346 g/mol. The lowest BCUT2D eigenvalue weighted by Crippen LogP contribution is -2.30. The van der Waals surface area contributed by atoms with Crippen molar-refractivity contribution in [2.75, 3.05) is 14.2 Å². The molecule has 0 radical (unpaired) electrons. The van der Waals surface area contributed by atoms with Crippen molar-refractivity contribution in [1.82, 2.24) is 0 Å². The number of carbonyl (C=O) groups is 1.